The summed E-state index contributed by atoms with van der Waals surface area (Å²) in [4.78, 5) is 11.4. The van der Waals surface area contributed by atoms with E-state index in [9.17, 15) is 14.3 Å². The van der Waals surface area contributed by atoms with Crippen LogP contribution in [0.15, 0.2) is 6.07 Å². The van der Waals surface area contributed by atoms with Gasteiger partial charge < -0.3 is 15.2 Å². The lowest BCUT2D eigenvalue weighted by atomic mass is 9.93. The highest BCUT2D eigenvalue weighted by Crippen LogP contribution is 2.41. The average Bonchev–Trinajstić information content (AvgIpc) is 2.80. The normalized spacial score (nSPS) is 19.9. The highest BCUT2D eigenvalue weighted by molar-refractivity contribution is 6.31. The second-order valence-electron chi connectivity index (χ2n) is 4.82. The first-order valence-corrected chi connectivity index (χ1v) is 6.92. The third-order valence-electron chi connectivity index (χ3n) is 3.36. The summed E-state index contributed by atoms with van der Waals surface area (Å²) in [6.45, 7) is 4.02. The molecule has 1 heterocycles. The van der Waals surface area contributed by atoms with Crippen molar-refractivity contribution in [3.05, 3.63) is 28.0 Å². The van der Waals surface area contributed by atoms with Crippen LogP contribution in [0.4, 0.5) is 4.39 Å². The molecule has 110 valence electrons. The summed E-state index contributed by atoms with van der Waals surface area (Å²) >= 11 is 5.90. The largest absolute Gasteiger partial charge is 0.493 e. The van der Waals surface area contributed by atoms with Crippen molar-refractivity contribution >= 4 is 17.5 Å². The van der Waals surface area contributed by atoms with E-state index in [1.165, 1.54) is 6.07 Å². The molecule has 20 heavy (non-hydrogen) atoms. The van der Waals surface area contributed by atoms with Crippen LogP contribution in [0.25, 0.3) is 0 Å². The quantitative estimate of drug-likeness (QED) is 0.898. The topological polar surface area (TPSA) is 58.6 Å². The van der Waals surface area contributed by atoms with Crippen LogP contribution in [0.1, 0.15) is 43.4 Å². The Morgan fingerprint density at radius 1 is 1.65 bits per heavy atom. The van der Waals surface area contributed by atoms with E-state index < -0.39 is 11.9 Å². The number of rotatable bonds is 4. The number of carbonyl (C=O) groups excluding carboxylic acids is 1. The van der Waals surface area contributed by atoms with Crippen molar-refractivity contribution in [2.24, 2.45) is 0 Å². The van der Waals surface area contributed by atoms with Crippen LogP contribution in [0, 0.1) is 5.82 Å². The predicted octanol–water partition coefficient (Wildman–Crippen LogP) is 2.53. The molecule has 2 N–H and O–H groups in total. The van der Waals surface area contributed by atoms with Gasteiger partial charge in [0.2, 0.25) is 5.91 Å². The van der Waals surface area contributed by atoms with E-state index >= 15 is 0 Å². The van der Waals surface area contributed by atoms with Gasteiger partial charge in [0, 0.05) is 30.0 Å². The second-order valence-corrected chi connectivity index (χ2v) is 5.23. The first-order valence-electron chi connectivity index (χ1n) is 6.55. The minimum Gasteiger partial charge on any atom is -0.493 e. The molecule has 1 aliphatic rings. The lowest BCUT2D eigenvalue weighted by molar-refractivity contribution is -0.119. The van der Waals surface area contributed by atoms with E-state index in [4.69, 9.17) is 16.3 Å². The molecule has 4 nitrogen and oxygen atoms in total. The zero-order valence-electron chi connectivity index (χ0n) is 11.4. The van der Waals surface area contributed by atoms with Gasteiger partial charge in [0.05, 0.1) is 17.7 Å². The van der Waals surface area contributed by atoms with E-state index in [0.717, 1.165) is 0 Å². The molecule has 0 bridgehead atoms. The van der Waals surface area contributed by atoms with Crippen molar-refractivity contribution in [2.45, 2.75) is 32.3 Å². The standard InChI is InChI=1S/C14H17ClFNO3/c1-3-20-14-9(7(2)18)5-10(15)13(16)12(14)8-4-11(19)17-6-8/h5,7-8,18H,3-4,6H2,1-2H3,(H,17,19). The fourth-order valence-corrected chi connectivity index (χ4v) is 2.66. The van der Waals surface area contributed by atoms with Crippen LogP contribution in [-0.4, -0.2) is 24.2 Å². The molecule has 1 saturated heterocycles. The maximum absolute atomic E-state index is 14.4. The van der Waals surface area contributed by atoms with Gasteiger partial charge in [0.1, 0.15) is 11.6 Å². The Morgan fingerprint density at radius 3 is 2.85 bits per heavy atom. The van der Waals surface area contributed by atoms with Crippen LogP contribution in [-0.2, 0) is 4.79 Å². The van der Waals surface area contributed by atoms with E-state index in [-0.39, 0.29) is 28.8 Å². The Kier molecular flexibility index (Phi) is 4.50. The van der Waals surface area contributed by atoms with Gasteiger partial charge in [-0.05, 0) is 19.9 Å². The van der Waals surface area contributed by atoms with Crippen LogP contribution in [0.5, 0.6) is 5.75 Å². The highest BCUT2D eigenvalue weighted by atomic mass is 35.5. The lowest BCUT2D eigenvalue weighted by Crippen LogP contribution is -2.15. The number of benzene rings is 1. The van der Waals surface area contributed by atoms with Crippen molar-refractivity contribution in [2.75, 3.05) is 13.2 Å². The molecule has 0 aliphatic carbocycles. The monoisotopic (exact) mass is 301 g/mol. The van der Waals surface area contributed by atoms with Gasteiger partial charge in [-0.2, -0.15) is 0 Å². The van der Waals surface area contributed by atoms with Crippen molar-refractivity contribution in [1.29, 1.82) is 0 Å². The van der Waals surface area contributed by atoms with E-state index in [2.05, 4.69) is 5.32 Å². The number of nitrogens with one attached hydrogen (secondary N) is 1. The molecule has 0 saturated carbocycles. The van der Waals surface area contributed by atoms with Gasteiger partial charge in [0.15, 0.2) is 0 Å². The van der Waals surface area contributed by atoms with Crippen LogP contribution in [0.3, 0.4) is 0 Å². The molecule has 0 aromatic heterocycles. The third-order valence-corrected chi connectivity index (χ3v) is 3.63. The summed E-state index contributed by atoms with van der Waals surface area (Å²) in [6, 6.07) is 1.38. The molecule has 1 fully saturated rings. The number of hydrogen-bond donors (Lipinski definition) is 2. The summed E-state index contributed by atoms with van der Waals surface area (Å²) < 4.78 is 19.9. The number of carbonyl (C=O) groups is 1. The van der Waals surface area contributed by atoms with Crippen molar-refractivity contribution in [3.8, 4) is 5.75 Å². The van der Waals surface area contributed by atoms with E-state index in [1.807, 2.05) is 0 Å². The number of amides is 1. The second kappa shape index (κ2) is 5.97. The van der Waals surface area contributed by atoms with Crippen LogP contribution in [0.2, 0.25) is 5.02 Å². The number of halogens is 2. The Hall–Kier alpha value is -1.33. The van der Waals surface area contributed by atoms with Gasteiger partial charge in [-0.15, -0.1) is 0 Å². The predicted molar refractivity (Wildman–Crippen MR) is 73.6 cm³/mol. The molecule has 1 aromatic carbocycles. The van der Waals surface area contributed by atoms with Crippen LogP contribution >= 0.6 is 11.6 Å². The lowest BCUT2D eigenvalue weighted by Gasteiger charge is -2.21. The fraction of sp³-hybridized carbons (Fsp3) is 0.500. The smallest absolute Gasteiger partial charge is 0.220 e. The number of aliphatic hydroxyl groups excluding tert-OH is 1. The van der Waals surface area contributed by atoms with E-state index in [0.29, 0.717) is 24.5 Å². The summed E-state index contributed by atoms with van der Waals surface area (Å²) in [5.74, 6) is -0.748. The Bertz CT molecular complexity index is 534. The van der Waals surface area contributed by atoms with Gasteiger partial charge >= 0.3 is 0 Å². The van der Waals surface area contributed by atoms with Gasteiger partial charge in [0.25, 0.3) is 0 Å². The van der Waals surface area contributed by atoms with Crippen molar-refractivity contribution in [3.63, 3.8) is 0 Å². The molecule has 1 amide bonds. The van der Waals surface area contributed by atoms with E-state index in [1.54, 1.807) is 13.8 Å². The zero-order chi connectivity index (χ0) is 14.9. The molecule has 0 radical (unpaired) electrons. The minimum atomic E-state index is -0.835. The Balaban J connectivity index is 2.59. The molecule has 1 aromatic rings. The number of hydrogen-bond acceptors (Lipinski definition) is 3. The summed E-state index contributed by atoms with van der Waals surface area (Å²) in [7, 11) is 0. The average molecular weight is 302 g/mol. The zero-order valence-corrected chi connectivity index (χ0v) is 12.1. The first kappa shape index (κ1) is 15.1. The van der Waals surface area contributed by atoms with Gasteiger partial charge in [-0.3, -0.25) is 4.79 Å². The number of ether oxygens (including phenoxy) is 1. The van der Waals surface area contributed by atoms with Gasteiger partial charge in [-0.1, -0.05) is 11.6 Å². The van der Waals surface area contributed by atoms with Crippen molar-refractivity contribution < 1.29 is 19.0 Å². The summed E-state index contributed by atoms with van der Waals surface area (Å²) in [6.07, 6.45) is -0.644. The highest BCUT2D eigenvalue weighted by Gasteiger charge is 2.31. The minimum absolute atomic E-state index is 0.0706. The molecule has 2 atom stereocenters. The molecule has 0 spiro atoms. The van der Waals surface area contributed by atoms with Crippen LogP contribution < -0.4 is 10.1 Å². The molecule has 1 aliphatic heterocycles. The molecule has 2 rings (SSSR count). The molecule has 2 unspecified atom stereocenters. The maximum atomic E-state index is 14.4. The Morgan fingerprint density at radius 2 is 2.35 bits per heavy atom. The Labute approximate surface area is 121 Å². The SMILES string of the molecule is CCOc1c(C(C)O)cc(Cl)c(F)c1C1CNC(=O)C1. The van der Waals surface area contributed by atoms with Crippen molar-refractivity contribution in [1.82, 2.24) is 5.32 Å². The first-order chi connectivity index (χ1) is 9.45. The fourth-order valence-electron chi connectivity index (χ4n) is 2.44. The summed E-state index contributed by atoms with van der Waals surface area (Å²) in [5.41, 5.74) is 0.709. The molecular formula is C14H17ClFNO3. The number of aliphatic hydroxyl groups is 1. The maximum Gasteiger partial charge on any atom is 0.220 e. The molecule has 6 heteroatoms. The summed E-state index contributed by atoms with van der Waals surface area (Å²) in [5, 5.41) is 12.4. The van der Waals surface area contributed by atoms with Gasteiger partial charge in [-0.25, -0.2) is 4.39 Å². The third kappa shape index (κ3) is 2.74. The molecular weight excluding hydrogens is 285 g/mol.